The van der Waals surface area contributed by atoms with Crippen molar-refractivity contribution in [2.75, 3.05) is 11.9 Å². The number of anilines is 1. The molecule has 2 aromatic rings. The van der Waals surface area contributed by atoms with E-state index in [-0.39, 0.29) is 12.2 Å². The number of alkyl halides is 3. The fourth-order valence-electron chi connectivity index (χ4n) is 2.03. The Bertz CT molecular complexity index is 634. The lowest BCUT2D eigenvalue weighted by atomic mass is 10.2. The second-order valence-electron chi connectivity index (χ2n) is 4.99. The zero-order valence-electron chi connectivity index (χ0n) is 12.3. The van der Waals surface area contributed by atoms with E-state index in [4.69, 9.17) is 0 Å². The van der Waals surface area contributed by atoms with E-state index in [0.29, 0.717) is 5.82 Å². The van der Waals surface area contributed by atoms with Crippen molar-refractivity contribution in [1.82, 2.24) is 9.97 Å². The summed E-state index contributed by atoms with van der Waals surface area (Å²) in [7, 11) is 0. The van der Waals surface area contributed by atoms with Crippen molar-refractivity contribution in [3.05, 3.63) is 16.3 Å². The maximum atomic E-state index is 12.4. The minimum Gasteiger partial charge on any atom is -0.369 e. The maximum Gasteiger partial charge on any atom is 0.389 e. The molecule has 2 aromatic heterocycles. The molecule has 0 aliphatic heterocycles. The number of hydrogen-bond donors (Lipinski definition) is 1. The van der Waals surface area contributed by atoms with Crippen LogP contribution in [0.5, 0.6) is 0 Å². The molecule has 0 saturated heterocycles. The zero-order chi connectivity index (χ0) is 15.6. The van der Waals surface area contributed by atoms with Crippen LogP contribution in [0.2, 0.25) is 0 Å². The molecule has 0 radical (unpaired) electrons. The predicted molar refractivity (Wildman–Crippen MR) is 80.0 cm³/mol. The summed E-state index contributed by atoms with van der Waals surface area (Å²) in [6.07, 6.45) is -4.34. The van der Waals surface area contributed by atoms with Gasteiger partial charge in [0, 0.05) is 17.8 Å². The summed E-state index contributed by atoms with van der Waals surface area (Å²) < 4.78 is 37.1. The summed E-state index contributed by atoms with van der Waals surface area (Å²) in [6.45, 7) is 6.74. The lowest BCUT2D eigenvalue weighted by Gasteiger charge is -2.10. The number of nitrogens with zero attached hydrogens (tertiary/aromatic N) is 2. The predicted octanol–water partition coefficient (Wildman–Crippen LogP) is 4.62. The molecule has 7 heteroatoms. The summed E-state index contributed by atoms with van der Waals surface area (Å²) >= 11 is 1.50. The molecule has 0 bridgehead atoms. The van der Waals surface area contributed by atoms with Crippen LogP contribution >= 0.6 is 11.3 Å². The number of aromatic nitrogens is 2. The summed E-state index contributed by atoms with van der Waals surface area (Å²) in [6, 6.07) is 0. The highest BCUT2D eigenvalue weighted by Gasteiger charge is 2.27. The molecule has 116 valence electrons. The Kier molecular flexibility index (Phi) is 4.70. The molecule has 0 unspecified atom stereocenters. The van der Waals surface area contributed by atoms with Crippen LogP contribution in [-0.4, -0.2) is 22.7 Å². The number of nitrogens with one attached hydrogen (secondary N) is 1. The smallest absolute Gasteiger partial charge is 0.369 e. The number of hydrogen-bond acceptors (Lipinski definition) is 4. The zero-order valence-corrected chi connectivity index (χ0v) is 13.1. The molecule has 3 nitrogen and oxygen atoms in total. The van der Waals surface area contributed by atoms with Crippen molar-refractivity contribution in [1.29, 1.82) is 0 Å². The van der Waals surface area contributed by atoms with Crippen LogP contribution in [0.4, 0.5) is 19.0 Å². The number of halogens is 3. The van der Waals surface area contributed by atoms with Crippen molar-refractivity contribution >= 4 is 27.4 Å². The normalized spacial score (nSPS) is 12.1. The first kappa shape index (κ1) is 16.0. The quantitative estimate of drug-likeness (QED) is 0.874. The average Bonchev–Trinajstić information content (AvgIpc) is 2.68. The van der Waals surface area contributed by atoms with E-state index < -0.39 is 12.6 Å². The van der Waals surface area contributed by atoms with Gasteiger partial charge in [0.2, 0.25) is 0 Å². The third kappa shape index (κ3) is 3.84. The molecule has 0 atom stereocenters. The molecule has 1 N–H and O–H groups in total. The van der Waals surface area contributed by atoms with Gasteiger partial charge in [0.25, 0.3) is 0 Å². The van der Waals surface area contributed by atoms with Crippen LogP contribution in [0.25, 0.3) is 10.2 Å². The van der Waals surface area contributed by atoms with E-state index in [0.717, 1.165) is 33.6 Å². The van der Waals surface area contributed by atoms with Crippen molar-refractivity contribution in [2.45, 2.75) is 46.2 Å². The van der Waals surface area contributed by atoms with Gasteiger partial charge in [0.1, 0.15) is 16.5 Å². The summed E-state index contributed by atoms with van der Waals surface area (Å²) in [4.78, 5) is 10.5. The van der Waals surface area contributed by atoms with Gasteiger partial charge in [-0.1, -0.05) is 6.92 Å². The average molecular weight is 317 g/mol. The highest BCUT2D eigenvalue weighted by atomic mass is 32.1. The minimum atomic E-state index is -4.18. The summed E-state index contributed by atoms with van der Waals surface area (Å²) in [5.41, 5.74) is 1.09. The van der Waals surface area contributed by atoms with Crippen LogP contribution in [0.1, 0.15) is 36.0 Å². The molecule has 2 heterocycles. The molecule has 0 aromatic carbocycles. The first-order valence-corrected chi connectivity index (χ1v) is 7.70. The van der Waals surface area contributed by atoms with Gasteiger partial charge in [-0.2, -0.15) is 13.2 Å². The van der Waals surface area contributed by atoms with E-state index in [1.54, 1.807) is 0 Å². The maximum absolute atomic E-state index is 12.4. The summed E-state index contributed by atoms with van der Waals surface area (Å²) in [5, 5.41) is 4.14. The van der Waals surface area contributed by atoms with Gasteiger partial charge < -0.3 is 5.32 Å². The van der Waals surface area contributed by atoms with Gasteiger partial charge in [0.15, 0.2) is 0 Å². The van der Waals surface area contributed by atoms with Crippen LogP contribution in [-0.2, 0) is 6.42 Å². The first-order valence-electron chi connectivity index (χ1n) is 6.89. The van der Waals surface area contributed by atoms with Gasteiger partial charge in [-0.3, -0.25) is 0 Å². The molecule has 21 heavy (non-hydrogen) atoms. The fraction of sp³-hybridized carbons (Fsp3) is 0.571. The van der Waals surface area contributed by atoms with Crippen molar-refractivity contribution in [3.63, 3.8) is 0 Å². The van der Waals surface area contributed by atoms with E-state index >= 15 is 0 Å². The first-order chi connectivity index (χ1) is 9.81. The molecule has 0 aliphatic rings. The van der Waals surface area contributed by atoms with Gasteiger partial charge in [0.05, 0.1) is 11.8 Å². The highest BCUT2D eigenvalue weighted by molar-refractivity contribution is 7.18. The molecule has 0 amide bonds. The van der Waals surface area contributed by atoms with Crippen molar-refractivity contribution in [3.8, 4) is 0 Å². The van der Waals surface area contributed by atoms with E-state index in [2.05, 4.69) is 15.3 Å². The third-order valence-electron chi connectivity index (χ3n) is 3.25. The Labute approximate surface area is 125 Å². The molecule has 0 fully saturated rings. The van der Waals surface area contributed by atoms with Crippen LogP contribution in [0.15, 0.2) is 0 Å². The molecule has 0 aliphatic carbocycles. The summed E-state index contributed by atoms with van der Waals surface area (Å²) in [5.74, 6) is 0.903. The van der Waals surface area contributed by atoms with Crippen LogP contribution in [0.3, 0.4) is 0 Å². The fourth-order valence-corrected chi connectivity index (χ4v) is 3.08. The van der Waals surface area contributed by atoms with Crippen LogP contribution < -0.4 is 5.32 Å². The van der Waals surface area contributed by atoms with Crippen LogP contribution in [0, 0.1) is 13.8 Å². The van der Waals surface area contributed by atoms with E-state index in [1.165, 1.54) is 11.3 Å². The number of rotatable bonds is 5. The Morgan fingerprint density at radius 2 is 1.90 bits per heavy atom. The van der Waals surface area contributed by atoms with Gasteiger partial charge in [-0.15, -0.1) is 11.3 Å². The molecular formula is C14H18F3N3S. The van der Waals surface area contributed by atoms with Gasteiger partial charge >= 0.3 is 6.18 Å². The molecule has 2 rings (SSSR count). The lowest BCUT2D eigenvalue weighted by molar-refractivity contribution is -0.134. The van der Waals surface area contributed by atoms with Gasteiger partial charge in [-0.05, 0) is 25.8 Å². The Hall–Kier alpha value is -1.37. The Balaban J connectivity index is 2.39. The Morgan fingerprint density at radius 3 is 2.52 bits per heavy atom. The number of aryl methyl sites for hydroxylation is 3. The largest absolute Gasteiger partial charge is 0.389 e. The SMILES string of the molecule is CCCNc1nc(CCC(F)(F)F)nc2sc(C)c(C)c12. The standard InChI is InChI=1S/C14H18F3N3S/c1-4-7-18-12-11-8(2)9(3)21-13(11)20-10(19-12)5-6-14(15,16)17/h4-7H2,1-3H3,(H,18,19,20). The number of thiophene rings is 1. The van der Waals surface area contributed by atoms with Gasteiger partial charge in [-0.25, -0.2) is 9.97 Å². The molecule has 0 saturated carbocycles. The second kappa shape index (κ2) is 6.17. The highest BCUT2D eigenvalue weighted by Crippen LogP contribution is 2.33. The Morgan fingerprint density at radius 1 is 1.19 bits per heavy atom. The van der Waals surface area contributed by atoms with E-state index in [9.17, 15) is 13.2 Å². The van der Waals surface area contributed by atoms with Crippen molar-refractivity contribution in [2.24, 2.45) is 0 Å². The van der Waals surface area contributed by atoms with E-state index in [1.807, 2.05) is 20.8 Å². The molecule has 0 spiro atoms. The third-order valence-corrected chi connectivity index (χ3v) is 4.35. The van der Waals surface area contributed by atoms with Crippen molar-refractivity contribution < 1.29 is 13.2 Å². The molecular weight excluding hydrogens is 299 g/mol. The lowest BCUT2D eigenvalue weighted by Crippen LogP contribution is -2.11. The topological polar surface area (TPSA) is 37.8 Å². The number of fused-ring (bicyclic) bond motifs is 1. The minimum absolute atomic E-state index is 0.184. The second-order valence-corrected chi connectivity index (χ2v) is 6.20. The monoisotopic (exact) mass is 317 g/mol.